The number of non-ortho nitro benzene ring substituents is 1. The van der Waals surface area contributed by atoms with E-state index in [0.29, 0.717) is 11.4 Å². The van der Waals surface area contributed by atoms with Crippen molar-refractivity contribution in [2.45, 2.75) is 6.92 Å². The van der Waals surface area contributed by atoms with E-state index in [0.717, 1.165) is 5.56 Å². The maximum Gasteiger partial charge on any atom is 0.271 e. The molecule has 0 aliphatic carbocycles. The summed E-state index contributed by atoms with van der Waals surface area (Å²) in [4.78, 5) is 22.5. The third-order valence-electron chi connectivity index (χ3n) is 3.44. The molecule has 0 unspecified atom stereocenters. The van der Waals surface area contributed by atoms with Crippen molar-refractivity contribution in [3.8, 4) is 11.8 Å². The SMILES string of the molecule is COc1ccc([N+](=O)[O-])cc1N/C=C(/C#N)C(=O)Nc1ccc(C)cc1. The van der Waals surface area contributed by atoms with E-state index < -0.39 is 10.8 Å². The van der Waals surface area contributed by atoms with Gasteiger partial charge in [-0.3, -0.25) is 14.9 Å². The monoisotopic (exact) mass is 352 g/mol. The zero-order valence-electron chi connectivity index (χ0n) is 14.1. The van der Waals surface area contributed by atoms with Gasteiger partial charge in [-0.25, -0.2) is 0 Å². The van der Waals surface area contributed by atoms with Crippen LogP contribution in [0.15, 0.2) is 54.2 Å². The summed E-state index contributed by atoms with van der Waals surface area (Å²) in [5.41, 5.74) is 1.51. The number of nitrogens with one attached hydrogen (secondary N) is 2. The van der Waals surface area contributed by atoms with Crippen molar-refractivity contribution in [1.29, 1.82) is 5.26 Å². The molecule has 1 amide bonds. The summed E-state index contributed by atoms with van der Waals surface area (Å²) in [7, 11) is 1.41. The fourth-order valence-electron chi connectivity index (χ4n) is 2.06. The Morgan fingerprint density at radius 1 is 1.27 bits per heavy atom. The minimum Gasteiger partial charge on any atom is -0.495 e. The Morgan fingerprint density at radius 2 is 1.96 bits per heavy atom. The van der Waals surface area contributed by atoms with Crippen LogP contribution in [0.3, 0.4) is 0 Å². The first-order valence-corrected chi connectivity index (χ1v) is 7.52. The number of benzene rings is 2. The number of nitrogens with zero attached hydrogens (tertiary/aromatic N) is 2. The van der Waals surface area contributed by atoms with Crippen molar-refractivity contribution in [2.24, 2.45) is 0 Å². The molecule has 2 aromatic carbocycles. The number of ether oxygens (including phenoxy) is 1. The number of hydrogen-bond acceptors (Lipinski definition) is 6. The standard InChI is InChI=1S/C18H16N4O4/c1-12-3-5-14(6-4-12)21-18(23)13(10-19)11-20-16-9-15(22(24)25)7-8-17(16)26-2/h3-9,11,20H,1-2H3,(H,21,23)/b13-11-. The quantitative estimate of drug-likeness (QED) is 0.356. The van der Waals surface area contributed by atoms with Gasteiger partial charge in [0.2, 0.25) is 0 Å². The first-order chi connectivity index (χ1) is 12.4. The van der Waals surface area contributed by atoms with Crippen LogP contribution in [0.25, 0.3) is 0 Å². The second kappa shape index (κ2) is 8.30. The lowest BCUT2D eigenvalue weighted by molar-refractivity contribution is -0.384. The molecule has 0 aliphatic heterocycles. The summed E-state index contributed by atoms with van der Waals surface area (Å²) in [5.74, 6) is -0.267. The van der Waals surface area contributed by atoms with E-state index in [4.69, 9.17) is 4.74 Å². The number of rotatable bonds is 6. The molecule has 0 saturated carbocycles. The predicted molar refractivity (Wildman–Crippen MR) is 96.8 cm³/mol. The van der Waals surface area contributed by atoms with Gasteiger partial charge in [-0.15, -0.1) is 0 Å². The number of aryl methyl sites for hydroxylation is 1. The molecule has 0 radical (unpaired) electrons. The second-order valence-corrected chi connectivity index (χ2v) is 5.28. The molecule has 26 heavy (non-hydrogen) atoms. The summed E-state index contributed by atoms with van der Waals surface area (Å²) < 4.78 is 5.12. The van der Waals surface area contributed by atoms with E-state index in [1.807, 2.05) is 19.1 Å². The van der Waals surface area contributed by atoms with Crippen molar-refractivity contribution in [2.75, 3.05) is 17.7 Å². The van der Waals surface area contributed by atoms with Gasteiger partial charge in [0.1, 0.15) is 17.4 Å². The van der Waals surface area contributed by atoms with Gasteiger partial charge in [0.05, 0.1) is 17.7 Å². The second-order valence-electron chi connectivity index (χ2n) is 5.28. The number of hydrogen-bond donors (Lipinski definition) is 2. The fourth-order valence-corrected chi connectivity index (χ4v) is 2.06. The lowest BCUT2D eigenvalue weighted by Gasteiger charge is -2.09. The highest BCUT2D eigenvalue weighted by atomic mass is 16.6. The molecule has 0 aromatic heterocycles. The van der Waals surface area contributed by atoms with Crippen LogP contribution in [0.2, 0.25) is 0 Å². The zero-order valence-corrected chi connectivity index (χ0v) is 14.1. The lowest BCUT2D eigenvalue weighted by Crippen LogP contribution is -2.14. The summed E-state index contributed by atoms with van der Waals surface area (Å²) in [5, 5.41) is 25.4. The van der Waals surface area contributed by atoms with E-state index in [1.165, 1.54) is 31.5 Å². The molecule has 0 saturated heterocycles. The van der Waals surface area contributed by atoms with Crippen LogP contribution in [0, 0.1) is 28.4 Å². The maximum absolute atomic E-state index is 12.2. The third-order valence-corrected chi connectivity index (χ3v) is 3.44. The highest BCUT2D eigenvalue weighted by Gasteiger charge is 2.13. The minimum atomic E-state index is -0.603. The third kappa shape index (κ3) is 4.58. The summed E-state index contributed by atoms with van der Waals surface area (Å²) in [6.45, 7) is 1.92. The summed E-state index contributed by atoms with van der Waals surface area (Å²) >= 11 is 0. The normalized spacial score (nSPS) is 10.6. The van der Waals surface area contributed by atoms with Crippen LogP contribution in [-0.2, 0) is 4.79 Å². The number of nitriles is 1. The van der Waals surface area contributed by atoms with Crippen molar-refractivity contribution in [3.63, 3.8) is 0 Å². The Morgan fingerprint density at radius 3 is 2.54 bits per heavy atom. The molecule has 0 bridgehead atoms. The van der Waals surface area contributed by atoms with Crippen LogP contribution in [-0.4, -0.2) is 17.9 Å². The Labute approximate surface area is 149 Å². The van der Waals surface area contributed by atoms with Crippen LogP contribution in [0.1, 0.15) is 5.56 Å². The first kappa shape index (κ1) is 18.5. The maximum atomic E-state index is 12.2. The highest BCUT2D eigenvalue weighted by molar-refractivity contribution is 6.06. The number of amides is 1. The smallest absolute Gasteiger partial charge is 0.271 e. The molecular weight excluding hydrogens is 336 g/mol. The number of nitro groups is 1. The molecule has 132 valence electrons. The number of carbonyl (C=O) groups excluding carboxylic acids is 1. The molecule has 0 spiro atoms. The van der Waals surface area contributed by atoms with E-state index >= 15 is 0 Å². The number of carbonyl (C=O) groups is 1. The summed E-state index contributed by atoms with van der Waals surface area (Å²) in [6, 6.07) is 12.9. The van der Waals surface area contributed by atoms with E-state index in [2.05, 4.69) is 10.6 Å². The molecule has 2 aromatic rings. The van der Waals surface area contributed by atoms with Crippen LogP contribution < -0.4 is 15.4 Å². The van der Waals surface area contributed by atoms with Crippen LogP contribution in [0.5, 0.6) is 5.75 Å². The molecule has 8 heteroatoms. The summed E-state index contributed by atoms with van der Waals surface area (Å²) in [6.07, 6.45) is 1.17. The van der Waals surface area contributed by atoms with Gasteiger partial charge < -0.3 is 15.4 Å². The molecule has 0 atom stereocenters. The lowest BCUT2D eigenvalue weighted by atomic mass is 10.2. The number of methoxy groups -OCH3 is 1. The fraction of sp³-hybridized carbons (Fsp3) is 0.111. The average Bonchev–Trinajstić information content (AvgIpc) is 2.63. The van der Waals surface area contributed by atoms with Gasteiger partial charge in [0, 0.05) is 24.0 Å². The average molecular weight is 352 g/mol. The predicted octanol–water partition coefficient (Wildman–Crippen LogP) is 3.37. The Bertz CT molecular complexity index is 898. The van der Waals surface area contributed by atoms with Gasteiger partial charge in [-0.1, -0.05) is 17.7 Å². The molecule has 0 heterocycles. The Kier molecular flexibility index (Phi) is 5.90. The Hall–Kier alpha value is -3.86. The first-order valence-electron chi connectivity index (χ1n) is 7.52. The van der Waals surface area contributed by atoms with Gasteiger partial charge >= 0.3 is 0 Å². The highest BCUT2D eigenvalue weighted by Crippen LogP contribution is 2.29. The van der Waals surface area contributed by atoms with Crippen molar-refractivity contribution in [1.82, 2.24) is 0 Å². The topological polar surface area (TPSA) is 117 Å². The van der Waals surface area contributed by atoms with Crippen molar-refractivity contribution in [3.05, 3.63) is 69.9 Å². The van der Waals surface area contributed by atoms with Crippen LogP contribution in [0.4, 0.5) is 17.1 Å². The molecular formula is C18H16N4O4. The molecule has 0 aliphatic rings. The van der Waals surface area contributed by atoms with Gasteiger partial charge in [-0.05, 0) is 25.1 Å². The van der Waals surface area contributed by atoms with E-state index in [-0.39, 0.29) is 16.9 Å². The molecule has 2 N–H and O–H groups in total. The number of nitro benzene ring substituents is 1. The van der Waals surface area contributed by atoms with Crippen molar-refractivity contribution < 1.29 is 14.5 Å². The van der Waals surface area contributed by atoms with Crippen LogP contribution >= 0.6 is 0 Å². The minimum absolute atomic E-state index is 0.149. The molecule has 8 nitrogen and oxygen atoms in total. The zero-order chi connectivity index (χ0) is 19.1. The van der Waals surface area contributed by atoms with Gasteiger partial charge in [0.25, 0.3) is 11.6 Å². The molecule has 2 rings (SSSR count). The van der Waals surface area contributed by atoms with Gasteiger partial charge in [0.15, 0.2) is 0 Å². The van der Waals surface area contributed by atoms with Gasteiger partial charge in [-0.2, -0.15) is 5.26 Å². The largest absolute Gasteiger partial charge is 0.495 e. The Balaban J connectivity index is 2.20. The number of anilines is 2. The molecule has 0 fully saturated rings. The van der Waals surface area contributed by atoms with E-state index in [9.17, 15) is 20.2 Å². The van der Waals surface area contributed by atoms with E-state index in [1.54, 1.807) is 18.2 Å². The van der Waals surface area contributed by atoms with Crippen molar-refractivity contribution >= 4 is 23.0 Å².